The van der Waals surface area contributed by atoms with Crippen molar-refractivity contribution in [2.24, 2.45) is 0 Å². The fourth-order valence-corrected chi connectivity index (χ4v) is 4.44. The van der Waals surface area contributed by atoms with Crippen molar-refractivity contribution in [2.45, 2.75) is 20.4 Å². The molecule has 2 rings (SSSR count). The van der Waals surface area contributed by atoms with Crippen LogP contribution in [0.3, 0.4) is 0 Å². The lowest BCUT2D eigenvalue weighted by Crippen LogP contribution is -2.32. The van der Waals surface area contributed by atoms with Crippen LogP contribution >= 0.6 is 43.2 Å². The molecule has 0 atom stereocenters. The first-order valence-corrected chi connectivity index (χ1v) is 10.2. The van der Waals surface area contributed by atoms with Crippen molar-refractivity contribution in [3.63, 3.8) is 0 Å². The maximum atomic E-state index is 12.6. The number of thiazole rings is 1. The van der Waals surface area contributed by atoms with E-state index in [1.54, 1.807) is 26.0 Å². The number of benzene rings is 1. The van der Waals surface area contributed by atoms with Crippen LogP contribution in [0.4, 0.5) is 5.69 Å². The van der Waals surface area contributed by atoms with Crippen LogP contribution in [0.25, 0.3) is 11.8 Å². The maximum absolute atomic E-state index is 12.6. The van der Waals surface area contributed by atoms with E-state index in [4.69, 9.17) is 4.74 Å². The number of anilines is 1. The monoisotopic (exact) mass is 515 g/mol. The molecule has 10 heteroatoms. The van der Waals surface area contributed by atoms with E-state index in [1.807, 2.05) is 6.07 Å². The van der Waals surface area contributed by atoms with Gasteiger partial charge in [0.15, 0.2) is 5.57 Å². The van der Waals surface area contributed by atoms with Gasteiger partial charge in [-0.25, -0.2) is 4.79 Å². The summed E-state index contributed by atoms with van der Waals surface area (Å²) in [6, 6.07) is 5.13. The molecule has 0 amide bonds. The average Bonchev–Trinajstić information content (AvgIpc) is 2.94. The molecule has 0 radical (unpaired) electrons. The lowest BCUT2D eigenvalue weighted by molar-refractivity contribution is -0.136. The van der Waals surface area contributed by atoms with Gasteiger partial charge in [-0.3, -0.25) is 9.36 Å². The Balaban J connectivity index is 2.59. The van der Waals surface area contributed by atoms with Crippen LogP contribution in [0.15, 0.2) is 25.9 Å². The molecule has 1 heterocycles. The molecular weight excluding hydrogens is 502 g/mol. The van der Waals surface area contributed by atoms with Gasteiger partial charge >= 0.3 is 5.97 Å². The highest BCUT2D eigenvalue weighted by Crippen LogP contribution is 2.35. The van der Waals surface area contributed by atoms with Crippen LogP contribution in [0.5, 0.6) is 5.75 Å². The minimum Gasteiger partial charge on any atom is -0.506 e. The number of phenols is 1. The Morgan fingerprint density at radius 2 is 2.04 bits per heavy atom. The van der Waals surface area contributed by atoms with Crippen molar-refractivity contribution < 1.29 is 14.6 Å². The number of ether oxygens (including phenoxy) is 1. The van der Waals surface area contributed by atoms with Crippen LogP contribution in [0.2, 0.25) is 0 Å². The third-order valence-electron chi connectivity index (χ3n) is 3.42. The lowest BCUT2D eigenvalue weighted by Gasteiger charge is -2.05. The number of aromatic nitrogens is 1. The summed E-state index contributed by atoms with van der Waals surface area (Å²) < 4.78 is 7.79. The number of phenolic OH excluding ortho intramolecular Hbond substituents is 1. The summed E-state index contributed by atoms with van der Waals surface area (Å²) in [6.45, 7) is 3.84. The second-order valence-electron chi connectivity index (χ2n) is 5.11. The highest BCUT2D eigenvalue weighted by Gasteiger charge is 2.16. The van der Waals surface area contributed by atoms with E-state index >= 15 is 0 Å². The van der Waals surface area contributed by atoms with Crippen LogP contribution in [0.1, 0.15) is 13.8 Å². The molecule has 27 heavy (non-hydrogen) atoms. The van der Waals surface area contributed by atoms with Gasteiger partial charge < -0.3 is 15.2 Å². The second kappa shape index (κ2) is 9.21. The Hall–Kier alpha value is -2.09. The van der Waals surface area contributed by atoms with E-state index in [9.17, 15) is 20.0 Å². The predicted octanol–water partition coefficient (Wildman–Crippen LogP) is 2.25. The van der Waals surface area contributed by atoms with Crippen molar-refractivity contribution in [2.75, 3.05) is 11.9 Å². The Bertz CT molecular complexity index is 1080. The van der Waals surface area contributed by atoms with Gasteiger partial charge in [0.2, 0.25) is 0 Å². The number of hydrogen-bond donors (Lipinski definition) is 2. The number of hydrogen-bond acceptors (Lipinski definition) is 7. The molecule has 2 aromatic rings. The quantitative estimate of drug-likeness (QED) is 0.466. The van der Waals surface area contributed by atoms with E-state index in [0.29, 0.717) is 25.7 Å². The van der Waals surface area contributed by atoms with Gasteiger partial charge in [0.05, 0.1) is 15.6 Å². The number of nitriles is 1. The number of carbonyl (C=O) groups is 1. The standard InChI is InChI=1S/C17H15Br2N3O4S/c1-3-22-15(24)13(27-16(22)10(7-20)17(25)26-4-2)8-21-9-5-11(18)14(23)12(19)6-9/h5-6,8,21,23H,3-4H2,1-2H3/b13-8+,16-10+. The Kier molecular flexibility index (Phi) is 7.24. The molecule has 1 aromatic heterocycles. The molecule has 7 nitrogen and oxygen atoms in total. The summed E-state index contributed by atoms with van der Waals surface area (Å²) in [7, 11) is 0. The van der Waals surface area contributed by atoms with E-state index < -0.39 is 5.97 Å². The molecule has 2 N–H and O–H groups in total. The van der Waals surface area contributed by atoms with Crippen molar-refractivity contribution in [3.05, 3.63) is 40.6 Å². The zero-order chi connectivity index (χ0) is 20.1. The number of nitrogens with one attached hydrogen (secondary N) is 1. The normalized spacial score (nSPS) is 12.5. The van der Waals surface area contributed by atoms with Gasteiger partial charge in [-0.1, -0.05) is 0 Å². The van der Waals surface area contributed by atoms with E-state index in [2.05, 4.69) is 37.2 Å². The number of aromatic hydroxyl groups is 1. The van der Waals surface area contributed by atoms with Gasteiger partial charge in [0.25, 0.3) is 5.56 Å². The first-order valence-electron chi connectivity index (χ1n) is 7.79. The topological polar surface area (TPSA) is 104 Å². The number of esters is 1. The van der Waals surface area contributed by atoms with Gasteiger partial charge in [0, 0.05) is 18.4 Å². The summed E-state index contributed by atoms with van der Waals surface area (Å²) in [5, 5.41) is 22.1. The minimum atomic E-state index is -0.755. The van der Waals surface area contributed by atoms with E-state index in [0.717, 1.165) is 11.3 Å². The van der Waals surface area contributed by atoms with Crippen molar-refractivity contribution >= 4 is 66.6 Å². The lowest BCUT2D eigenvalue weighted by atomic mass is 10.3. The predicted molar refractivity (Wildman–Crippen MR) is 111 cm³/mol. The Morgan fingerprint density at radius 3 is 2.56 bits per heavy atom. The van der Waals surface area contributed by atoms with Gasteiger partial charge in [-0.15, -0.1) is 11.3 Å². The number of halogens is 2. The molecule has 0 unspecified atom stereocenters. The number of nitrogens with zero attached hydrogens (tertiary/aromatic N) is 2. The fraction of sp³-hybridized carbons (Fsp3) is 0.235. The molecule has 0 saturated carbocycles. The highest BCUT2D eigenvalue weighted by atomic mass is 79.9. The Labute approximate surface area is 175 Å². The largest absolute Gasteiger partial charge is 0.506 e. The summed E-state index contributed by atoms with van der Waals surface area (Å²) in [5.41, 5.74) is 0.105. The molecule has 0 fully saturated rings. The van der Waals surface area contributed by atoms with Gasteiger partial charge in [0.1, 0.15) is 21.0 Å². The smallest absolute Gasteiger partial charge is 0.351 e. The summed E-state index contributed by atoms with van der Waals surface area (Å²) in [4.78, 5) is 24.6. The average molecular weight is 517 g/mol. The molecule has 0 aliphatic heterocycles. The summed E-state index contributed by atoms with van der Waals surface area (Å²) >= 11 is 7.50. The van der Waals surface area contributed by atoms with Crippen molar-refractivity contribution in [1.29, 1.82) is 5.26 Å². The molecule has 0 bridgehead atoms. The summed E-state index contributed by atoms with van der Waals surface area (Å²) in [5.74, 6) is -0.690. The first kappa shape index (κ1) is 21.2. The van der Waals surface area contributed by atoms with Crippen molar-refractivity contribution in [1.82, 2.24) is 4.57 Å². The number of rotatable bonds is 5. The van der Waals surface area contributed by atoms with E-state index in [-0.39, 0.29) is 28.2 Å². The van der Waals surface area contributed by atoms with Crippen molar-refractivity contribution in [3.8, 4) is 11.8 Å². The second-order valence-corrected chi connectivity index (χ2v) is 7.84. The zero-order valence-electron chi connectivity index (χ0n) is 14.4. The minimum absolute atomic E-state index is 0.0648. The highest BCUT2D eigenvalue weighted by molar-refractivity contribution is 9.11. The Morgan fingerprint density at radius 1 is 1.41 bits per heavy atom. The van der Waals surface area contributed by atoms with E-state index in [1.165, 1.54) is 10.8 Å². The molecule has 0 spiro atoms. The third kappa shape index (κ3) is 4.61. The fourth-order valence-electron chi connectivity index (χ4n) is 2.17. The molecule has 142 valence electrons. The zero-order valence-corrected chi connectivity index (χ0v) is 18.4. The first-order chi connectivity index (χ1) is 12.8. The van der Waals surface area contributed by atoms with Crippen LogP contribution in [-0.4, -0.2) is 22.2 Å². The molecule has 0 saturated heterocycles. The maximum Gasteiger partial charge on any atom is 0.351 e. The van der Waals surface area contributed by atoms with Gasteiger partial charge in [-0.05, 0) is 57.8 Å². The molecule has 1 aromatic carbocycles. The van der Waals surface area contributed by atoms with Gasteiger partial charge in [-0.2, -0.15) is 5.26 Å². The third-order valence-corrected chi connectivity index (χ3v) is 5.76. The SMILES string of the molecule is CCOC(=O)/C(C#N)=c1/s/c(=C/Nc2cc(Br)c(O)c(Br)c2)c(=O)n1CC. The number of carbonyl (C=O) groups excluding carboxylic acids is 1. The van der Waals surface area contributed by atoms with Crippen LogP contribution in [-0.2, 0) is 16.1 Å². The molecule has 0 aliphatic carbocycles. The van der Waals surface area contributed by atoms with Crippen LogP contribution < -0.4 is 20.1 Å². The van der Waals surface area contributed by atoms with Crippen LogP contribution in [0, 0.1) is 11.3 Å². The molecule has 0 aliphatic rings. The summed E-state index contributed by atoms with van der Waals surface area (Å²) in [6.07, 6.45) is 1.49. The molecular formula is C17H15Br2N3O4S.